The van der Waals surface area contributed by atoms with Crippen molar-refractivity contribution in [3.63, 3.8) is 0 Å². The van der Waals surface area contributed by atoms with Gasteiger partial charge >= 0.3 is 5.97 Å². The van der Waals surface area contributed by atoms with Gasteiger partial charge in [-0.05, 0) is 30.6 Å². The minimum atomic E-state index is -1.23. The lowest BCUT2D eigenvalue weighted by atomic mass is 10.1. The lowest BCUT2D eigenvalue weighted by molar-refractivity contribution is -0.139. The number of thioether (sulfide) groups is 1. The van der Waals surface area contributed by atoms with E-state index in [-0.39, 0.29) is 17.0 Å². The molecule has 0 aliphatic carbocycles. The zero-order chi connectivity index (χ0) is 15.3. The van der Waals surface area contributed by atoms with E-state index in [0.29, 0.717) is 17.9 Å². The lowest BCUT2D eigenvalue weighted by Crippen LogP contribution is -2.41. The molecule has 2 N–H and O–H groups in total. The molecule has 8 heteroatoms. The van der Waals surface area contributed by atoms with Crippen LogP contribution in [0.2, 0.25) is 5.02 Å². The standard InChI is InChI=1S/C12H12ClF2NO3S/c1-20-3-2-10(12(18)19)16-11(17)6-4-8(14)9(15)5-7(6)13/h4-5,10H,2-3H2,1H3,(H,16,17)(H,18,19). The molecule has 0 saturated carbocycles. The second-order valence-corrected chi connectivity index (χ2v) is 5.28. The van der Waals surface area contributed by atoms with Gasteiger partial charge < -0.3 is 10.4 Å². The van der Waals surface area contributed by atoms with E-state index in [9.17, 15) is 18.4 Å². The minimum Gasteiger partial charge on any atom is -0.480 e. The number of carboxylic acids is 1. The molecule has 0 fully saturated rings. The summed E-state index contributed by atoms with van der Waals surface area (Å²) in [7, 11) is 0. The van der Waals surface area contributed by atoms with Crippen LogP contribution in [0.4, 0.5) is 8.78 Å². The maximum absolute atomic E-state index is 13.1. The Morgan fingerprint density at radius 1 is 1.40 bits per heavy atom. The van der Waals surface area contributed by atoms with Gasteiger partial charge in [-0.1, -0.05) is 11.6 Å². The minimum absolute atomic E-state index is 0.212. The molecule has 0 heterocycles. The number of carboxylic acid groups (broad SMARTS) is 1. The fraction of sp³-hybridized carbons (Fsp3) is 0.333. The van der Waals surface area contributed by atoms with Gasteiger partial charge in [0, 0.05) is 0 Å². The highest BCUT2D eigenvalue weighted by atomic mass is 35.5. The molecule has 0 bridgehead atoms. The number of hydrogen-bond donors (Lipinski definition) is 2. The Balaban J connectivity index is 2.89. The lowest BCUT2D eigenvalue weighted by Gasteiger charge is -2.14. The maximum atomic E-state index is 13.1. The molecule has 4 nitrogen and oxygen atoms in total. The first-order valence-electron chi connectivity index (χ1n) is 5.54. The average molecular weight is 324 g/mol. The molecular formula is C12H12ClF2NO3S. The summed E-state index contributed by atoms with van der Waals surface area (Å²) in [6, 6.07) is 0.198. The fourth-order valence-corrected chi connectivity index (χ4v) is 2.13. The van der Waals surface area contributed by atoms with Crippen molar-refractivity contribution in [2.24, 2.45) is 0 Å². The average Bonchev–Trinajstić information content (AvgIpc) is 2.38. The molecule has 110 valence electrons. The Kier molecular flexibility index (Phi) is 6.22. The van der Waals surface area contributed by atoms with Crippen molar-refractivity contribution in [2.45, 2.75) is 12.5 Å². The Labute approximate surface area is 123 Å². The van der Waals surface area contributed by atoms with E-state index in [1.165, 1.54) is 11.8 Å². The van der Waals surface area contributed by atoms with Crippen molar-refractivity contribution < 1.29 is 23.5 Å². The third-order valence-electron chi connectivity index (χ3n) is 2.47. The quantitative estimate of drug-likeness (QED) is 0.790. The first-order chi connectivity index (χ1) is 9.36. The molecule has 0 aromatic heterocycles. The van der Waals surface area contributed by atoms with Gasteiger partial charge in [0.2, 0.25) is 0 Å². The van der Waals surface area contributed by atoms with Crippen molar-refractivity contribution >= 4 is 35.2 Å². The first kappa shape index (κ1) is 16.7. The first-order valence-corrected chi connectivity index (χ1v) is 7.31. The SMILES string of the molecule is CSCCC(NC(=O)c1cc(F)c(F)cc1Cl)C(=O)O. The van der Waals surface area contributed by atoms with Crippen LogP contribution in [-0.4, -0.2) is 35.0 Å². The molecule has 0 aliphatic rings. The zero-order valence-electron chi connectivity index (χ0n) is 10.5. The smallest absolute Gasteiger partial charge is 0.326 e. The van der Waals surface area contributed by atoms with Crippen LogP contribution in [-0.2, 0) is 4.79 Å². The van der Waals surface area contributed by atoms with Gasteiger partial charge in [0.25, 0.3) is 5.91 Å². The summed E-state index contributed by atoms with van der Waals surface area (Å²) in [6.07, 6.45) is 2.01. The van der Waals surface area contributed by atoms with E-state index in [1.54, 1.807) is 6.26 Å². The molecule has 1 amide bonds. The van der Waals surface area contributed by atoms with Crippen molar-refractivity contribution in [3.05, 3.63) is 34.4 Å². The predicted octanol–water partition coefficient (Wildman–Crippen LogP) is 2.55. The zero-order valence-corrected chi connectivity index (χ0v) is 12.0. The summed E-state index contributed by atoms with van der Waals surface area (Å²) < 4.78 is 26.0. The molecule has 0 aliphatic heterocycles. The van der Waals surface area contributed by atoms with Crippen LogP contribution in [0.3, 0.4) is 0 Å². The largest absolute Gasteiger partial charge is 0.480 e. The Morgan fingerprint density at radius 2 is 2.00 bits per heavy atom. The summed E-state index contributed by atoms with van der Waals surface area (Å²) in [5, 5.41) is 10.9. The maximum Gasteiger partial charge on any atom is 0.326 e. The van der Waals surface area contributed by atoms with Gasteiger partial charge in [-0.2, -0.15) is 11.8 Å². The second kappa shape index (κ2) is 7.44. The summed E-state index contributed by atoms with van der Waals surface area (Å²) in [4.78, 5) is 22.8. The third kappa shape index (κ3) is 4.35. The second-order valence-electron chi connectivity index (χ2n) is 3.89. The van der Waals surface area contributed by atoms with Crippen LogP contribution >= 0.6 is 23.4 Å². The molecule has 1 aromatic carbocycles. The van der Waals surface area contributed by atoms with Crippen LogP contribution in [0.15, 0.2) is 12.1 Å². The van der Waals surface area contributed by atoms with E-state index in [2.05, 4.69) is 5.32 Å². The summed E-state index contributed by atoms with van der Waals surface area (Å²) in [6.45, 7) is 0. The monoisotopic (exact) mass is 323 g/mol. The number of amides is 1. The van der Waals surface area contributed by atoms with Gasteiger partial charge in [-0.15, -0.1) is 0 Å². The predicted molar refractivity (Wildman–Crippen MR) is 73.3 cm³/mol. The third-order valence-corrected chi connectivity index (χ3v) is 3.43. The number of nitrogens with one attached hydrogen (secondary N) is 1. The topological polar surface area (TPSA) is 66.4 Å². The summed E-state index contributed by atoms with van der Waals surface area (Å²) >= 11 is 7.07. The molecule has 1 atom stereocenters. The number of carbonyl (C=O) groups is 2. The van der Waals surface area contributed by atoms with Crippen LogP contribution in [0, 0.1) is 11.6 Å². The van der Waals surface area contributed by atoms with Crippen molar-refractivity contribution in [2.75, 3.05) is 12.0 Å². The summed E-state index contributed by atoms with van der Waals surface area (Å²) in [5.41, 5.74) is -0.305. The number of rotatable bonds is 6. The van der Waals surface area contributed by atoms with E-state index < -0.39 is 29.6 Å². The highest BCUT2D eigenvalue weighted by Gasteiger charge is 2.22. The highest BCUT2D eigenvalue weighted by molar-refractivity contribution is 7.98. The Morgan fingerprint density at radius 3 is 2.55 bits per heavy atom. The van der Waals surface area contributed by atoms with E-state index in [4.69, 9.17) is 16.7 Å². The van der Waals surface area contributed by atoms with Crippen LogP contribution in [0.25, 0.3) is 0 Å². The van der Waals surface area contributed by atoms with Crippen LogP contribution in [0.5, 0.6) is 0 Å². The van der Waals surface area contributed by atoms with Gasteiger partial charge in [0.05, 0.1) is 10.6 Å². The van der Waals surface area contributed by atoms with Crippen molar-refractivity contribution in [3.8, 4) is 0 Å². The molecule has 1 rings (SSSR count). The Bertz CT molecular complexity index is 528. The number of benzene rings is 1. The molecule has 20 heavy (non-hydrogen) atoms. The number of hydrogen-bond acceptors (Lipinski definition) is 3. The molecule has 0 radical (unpaired) electrons. The van der Waals surface area contributed by atoms with Crippen molar-refractivity contribution in [1.82, 2.24) is 5.32 Å². The van der Waals surface area contributed by atoms with Gasteiger partial charge in [-0.25, -0.2) is 13.6 Å². The van der Waals surface area contributed by atoms with Crippen molar-refractivity contribution in [1.29, 1.82) is 0 Å². The number of carbonyl (C=O) groups excluding carboxylic acids is 1. The molecular weight excluding hydrogens is 312 g/mol. The van der Waals surface area contributed by atoms with E-state index in [0.717, 1.165) is 0 Å². The van der Waals surface area contributed by atoms with Gasteiger partial charge in [0.15, 0.2) is 11.6 Å². The number of aliphatic carboxylic acids is 1. The van der Waals surface area contributed by atoms with Crippen LogP contribution in [0.1, 0.15) is 16.8 Å². The van der Waals surface area contributed by atoms with Gasteiger partial charge in [-0.3, -0.25) is 4.79 Å². The molecule has 0 spiro atoms. The highest BCUT2D eigenvalue weighted by Crippen LogP contribution is 2.20. The molecule has 1 aromatic rings. The molecule has 1 unspecified atom stereocenters. The Hall–Kier alpha value is -1.34. The fourth-order valence-electron chi connectivity index (χ4n) is 1.43. The van der Waals surface area contributed by atoms with E-state index >= 15 is 0 Å². The van der Waals surface area contributed by atoms with Gasteiger partial charge in [0.1, 0.15) is 6.04 Å². The van der Waals surface area contributed by atoms with Crippen LogP contribution < -0.4 is 5.32 Å². The number of halogens is 3. The van der Waals surface area contributed by atoms with E-state index in [1.807, 2.05) is 0 Å². The molecule has 0 saturated heterocycles. The normalized spacial score (nSPS) is 12.0. The summed E-state index contributed by atoms with van der Waals surface area (Å²) in [5.74, 6) is -3.93.